The van der Waals surface area contributed by atoms with Crippen molar-refractivity contribution in [3.8, 4) is 5.75 Å². The lowest BCUT2D eigenvalue weighted by Crippen LogP contribution is -2.30. The van der Waals surface area contributed by atoms with Gasteiger partial charge in [0.2, 0.25) is 11.8 Å². The molecule has 1 unspecified atom stereocenters. The number of ether oxygens (including phenoxy) is 1. The minimum atomic E-state index is -0.497. The summed E-state index contributed by atoms with van der Waals surface area (Å²) >= 11 is 1.30. The Morgan fingerprint density at radius 3 is 2.71 bits per heavy atom. The summed E-state index contributed by atoms with van der Waals surface area (Å²) in [6.45, 7) is 3.96. The van der Waals surface area contributed by atoms with Crippen LogP contribution in [0.25, 0.3) is 0 Å². The first-order valence-corrected chi connectivity index (χ1v) is 9.80. The van der Waals surface area contributed by atoms with Gasteiger partial charge in [-0.3, -0.25) is 14.5 Å². The first-order chi connectivity index (χ1) is 13.4. The van der Waals surface area contributed by atoms with E-state index >= 15 is 0 Å². The molecule has 2 amide bonds. The normalized spacial score (nSPS) is 17.9. The standard InChI is InChI=1S/C21H23N3O3S/c1-13-8-7-10-15(14(13)2)22-19(25)12-18-20(26)24(3)21(28-18)23-16-9-5-6-11-17(16)27-4/h5-11,18H,12H2,1-4H3,(H,22,25). The number of thioether (sulfide) groups is 1. The number of aryl methyl sites for hydroxylation is 1. The molecule has 0 saturated carbocycles. The Morgan fingerprint density at radius 2 is 1.96 bits per heavy atom. The van der Waals surface area contributed by atoms with Crippen molar-refractivity contribution in [1.82, 2.24) is 4.90 Å². The van der Waals surface area contributed by atoms with Crippen molar-refractivity contribution >= 4 is 40.1 Å². The molecule has 3 rings (SSSR count). The van der Waals surface area contributed by atoms with Crippen LogP contribution in [0.3, 0.4) is 0 Å². The summed E-state index contributed by atoms with van der Waals surface area (Å²) in [6.07, 6.45) is 0.0895. The van der Waals surface area contributed by atoms with Crippen LogP contribution in [0.2, 0.25) is 0 Å². The van der Waals surface area contributed by atoms with Gasteiger partial charge in [-0.1, -0.05) is 36.0 Å². The number of para-hydroxylation sites is 2. The molecule has 0 radical (unpaired) electrons. The fraction of sp³-hybridized carbons (Fsp3) is 0.286. The number of hydrogen-bond donors (Lipinski definition) is 1. The monoisotopic (exact) mass is 397 g/mol. The van der Waals surface area contributed by atoms with Gasteiger partial charge >= 0.3 is 0 Å². The van der Waals surface area contributed by atoms with Crippen molar-refractivity contribution in [2.24, 2.45) is 4.99 Å². The van der Waals surface area contributed by atoms with E-state index in [1.54, 1.807) is 14.2 Å². The van der Waals surface area contributed by atoms with Crippen LogP contribution < -0.4 is 10.1 Å². The molecule has 1 heterocycles. The van der Waals surface area contributed by atoms with Crippen molar-refractivity contribution in [2.75, 3.05) is 19.5 Å². The van der Waals surface area contributed by atoms with E-state index in [0.29, 0.717) is 16.6 Å². The molecule has 0 bridgehead atoms. The maximum Gasteiger partial charge on any atom is 0.242 e. The summed E-state index contributed by atoms with van der Waals surface area (Å²) in [5.74, 6) is 0.314. The summed E-state index contributed by atoms with van der Waals surface area (Å²) < 4.78 is 5.31. The van der Waals surface area contributed by atoms with Gasteiger partial charge in [0, 0.05) is 19.2 Å². The number of rotatable bonds is 5. The molecule has 1 aliphatic rings. The van der Waals surface area contributed by atoms with Gasteiger partial charge in [0.15, 0.2) is 5.17 Å². The zero-order chi connectivity index (χ0) is 20.3. The summed E-state index contributed by atoms with van der Waals surface area (Å²) in [6, 6.07) is 13.1. The Labute approximate surface area is 169 Å². The second-order valence-corrected chi connectivity index (χ2v) is 7.74. The lowest BCUT2D eigenvalue weighted by molar-refractivity contribution is -0.127. The second-order valence-electron chi connectivity index (χ2n) is 6.57. The molecule has 28 heavy (non-hydrogen) atoms. The average molecular weight is 398 g/mol. The molecule has 1 atom stereocenters. The highest BCUT2D eigenvalue weighted by molar-refractivity contribution is 8.15. The van der Waals surface area contributed by atoms with Crippen molar-refractivity contribution in [2.45, 2.75) is 25.5 Å². The Hall–Kier alpha value is -2.80. The minimum Gasteiger partial charge on any atom is -0.494 e. The number of amides is 2. The van der Waals surface area contributed by atoms with Crippen molar-refractivity contribution < 1.29 is 14.3 Å². The molecule has 1 N–H and O–H groups in total. The molecule has 1 saturated heterocycles. The maximum atomic E-state index is 12.6. The third kappa shape index (κ3) is 4.20. The van der Waals surface area contributed by atoms with Gasteiger partial charge in [-0.05, 0) is 43.2 Å². The predicted octanol–water partition coefficient (Wildman–Crippen LogP) is 3.90. The van der Waals surface area contributed by atoms with Gasteiger partial charge in [-0.2, -0.15) is 0 Å². The number of methoxy groups -OCH3 is 1. The second kappa shape index (κ2) is 8.48. The Morgan fingerprint density at radius 1 is 1.21 bits per heavy atom. The lowest BCUT2D eigenvalue weighted by atomic mass is 10.1. The van der Waals surface area contributed by atoms with Crippen molar-refractivity contribution in [3.05, 3.63) is 53.6 Å². The van der Waals surface area contributed by atoms with Gasteiger partial charge in [0.05, 0.1) is 7.11 Å². The number of benzene rings is 2. The van der Waals surface area contributed by atoms with E-state index in [0.717, 1.165) is 16.8 Å². The Balaban J connectivity index is 1.72. The molecule has 1 fully saturated rings. The summed E-state index contributed by atoms with van der Waals surface area (Å²) in [4.78, 5) is 31.1. The van der Waals surface area contributed by atoms with Gasteiger partial charge in [0.25, 0.3) is 0 Å². The molecular formula is C21H23N3O3S. The average Bonchev–Trinajstić information content (AvgIpc) is 2.93. The molecule has 146 valence electrons. The van der Waals surface area contributed by atoms with E-state index in [-0.39, 0.29) is 18.2 Å². The molecule has 0 spiro atoms. The molecule has 1 aliphatic heterocycles. The zero-order valence-electron chi connectivity index (χ0n) is 16.4. The molecular weight excluding hydrogens is 374 g/mol. The van der Waals surface area contributed by atoms with Gasteiger partial charge in [-0.15, -0.1) is 0 Å². The van der Waals surface area contributed by atoms with E-state index in [1.165, 1.54) is 16.7 Å². The van der Waals surface area contributed by atoms with Gasteiger partial charge in [-0.25, -0.2) is 4.99 Å². The highest BCUT2D eigenvalue weighted by Crippen LogP contribution is 2.34. The number of hydrogen-bond acceptors (Lipinski definition) is 5. The van der Waals surface area contributed by atoms with Crippen molar-refractivity contribution in [1.29, 1.82) is 0 Å². The van der Waals surface area contributed by atoms with Crippen LogP contribution in [-0.4, -0.2) is 41.3 Å². The third-order valence-corrected chi connectivity index (χ3v) is 5.92. The minimum absolute atomic E-state index is 0.0895. The summed E-state index contributed by atoms with van der Waals surface area (Å²) in [5, 5.41) is 2.97. The van der Waals surface area contributed by atoms with Crippen LogP contribution in [0, 0.1) is 13.8 Å². The topological polar surface area (TPSA) is 71.0 Å². The molecule has 0 aromatic heterocycles. The first-order valence-electron chi connectivity index (χ1n) is 8.92. The van der Waals surface area contributed by atoms with Crippen LogP contribution in [0.1, 0.15) is 17.5 Å². The number of aliphatic imine (C=N–C) groups is 1. The number of amidine groups is 1. The molecule has 7 heteroatoms. The molecule has 2 aromatic carbocycles. The van der Waals surface area contributed by atoms with Crippen LogP contribution in [0.4, 0.5) is 11.4 Å². The van der Waals surface area contributed by atoms with Gasteiger partial charge < -0.3 is 10.1 Å². The highest BCUT2D eigenvalue weighted by Gasteiger charge is 2.37. The Bertz CT molecular complexity index is 942. The van der Waals surface area contributed by atoms with E-state index in [2.05, 4.69) is 10.3 Å². The van der Waals surface area contributed by atoms with Crippen LogP contribution in [0.5, 0.6) is 5.75 Å². The molecule has 6 nitrogen and oxygen atoms in total. The van der Waals surface area contributed by atoms with Crippen LogP contribution in [-0.2, 0) is 9.59 Å². The number of carbonyl (C=O) groups excluding carboxylic acids is 2. The number of nitrogens with zero attached hydrogens (tertiary/aromatic N) is 2. The quantitative estimate of drug-likeness (QED) is 0.831. The van der Waals surface area contributed by atoms with E-state index in [4.69, 9.17) is 4.74 Å². The number of carbonyl (C=O) groups is 2. The van der Waals surface area contributed by atoms with E-state index in [1.807, 2.05) is 56.3 Å². The van der Waals surface area contributed by atoms with E-state index in [9.17, 15) is 9.59 Å². The third-order valence-electron chi connectivity index (χ3n) is 4.69. The van der Waals surface area contributed by atoms with Gasteiger partial charge in [0.1, 0.15) is 16.7 Å². The predicted molar refractivity (Wildman–Crippen MR) is 113 cm³/mol. The summed E-state index contributed by atoms with van der Waals surface area (Å²) in [5.41, 5.74) is 3.55. The molecule has 0 aliphatic carbocycles. The first kappa shape index (κ1) is 19.9. The maximum absolute atomic E-state index is 12.6. The fourth-order valence-electron chi connectivity index (χ4n) is 2.88. The fourth-order valence-corrected chi connectivity index (χ4v) is 4.03. The number of anilines is 1. The zero-order valence-corrected chi connectivity index (χ0v) is 17.2. The lowest BCUT2D eigenvalue weighted by Gasteiger charge is -2.12. The van der Waals surface area contributed by atoms with Crippen LogP contribution in [0.15, 0.2) is 47.5 Å². The SMILES string of the molecule is COc1ccccc1N=C1SC(CC(=O)Nc2cccc(C)c2C)C(=O)N1C. The molecule has 2 aromatic rings. The summed E-state index contributed by atoms with van der Waals surface area (Å²) in [7, 11) is 3.25. The number of nitrogens with one attached hydrogen (secondary N) is 1. The van der Waals surface area contributed by atoms with Crippen LogP contribution >= 0.6 is 11.8 Å². The Kier molecular flexibility index (Phi) is 6.04. The van der Waals surface area contributed by atoms with E-state index < -0.39 is 5.25 Å². The largest absolute Gasteiger partial charge is 0.494 e. The smallest absolute Gasteiger partial charge is 0.242 e. The highest BCUT2D eigenvalue weighted by atomic mass is 32.2. The van der Waals surface area contributed by atoms with Crippen molar-refractivity contribution in [3.63, 3.8) is 0 Å².